The Morgan fingerprint density at radius 1 is 0.842 bits per heavy atom. The maximum Gasteiger partial charge on any atom is 0.364 e. The van der Waals surface area contributed by atoms with Gasteiger partial charge in [0.2, 0.25) is 11.8 Å². The molecule has 0 saturated carbocycles. The zero-order valence-electron chi connectivity index (χ0n) is 31.5. The van der Waals surface area contributed by atoms with E-state index in [-0.39, 0.29) is 0 Å². The first-order valence-corrected chi connectivity index (χ1v) is 17.9. The molecule has 0 aromatic rings. The van der Waals surface area contributed by atoms with E-state index in [4.69, 9.17) is 37.9 Å². The summed E-state index contributed by atoms with van der Waals surface area (Å²) in [7, 11) is 1.24. The van der Waals surface area contributed by atoms with Crippen LogP contribution in [0.25, 0.3) is 0 Å². The number of carboxylic acid groups (broad SMARTS) is 1. The molecule has 3 heterocycles. The molecule has 0 spiro atoms. The summed E-state index contributed by atoms with van der Waals surface area (Å²) >= 11 is 0. The molecule has 0 radical (unpaired) electrons. The maximum absolute atomic E-state index is 12.9. The molecule has 3 aliphatic heterocycles. The lowest BCUT2D eigenvalue weighted by molar-refractivity contribution is -0.379. The molecular formula is C32H56N2O23. The Bertz CT molecular complexity index is 1290. The maximum atomic E-state index is 12.9. The van der Waals surface area contributed by atoms with Crippen molar-refractivity contribution < 1.29 is 114 Å². The predicted octanol–water partition coefficient (Wildman–Crippen LogP) is -8.32. The van der Waals surface area contributed by atoms with Crippen molar-refractivity contribution in [2.24, 2.45) is 0 Å². The number of carbonyl (C=O) groups is 3. The van der Waals surface area contributed by atoms with Crippen molar-refractivity contribution in [2.75, 3.05) is 40.3 Å². The van der Waals surface area contributed by atoms with Crippen LogP contribution in [0.3, 0.4) is 0 Å². The summed E-state index contributed by atoms with van der Waals surface area (Å²) in [6.45, 7) is -0.520. The number of amides is 2. The fourth-order valence-electron chi connectivity index (χ4n) is 6.53. The van der Waals surface area contributed by atoms with Crippen LogP contribution in [0.1, 0.15) is 27.2 Å². The summed E-state index contributed by atoms with van der Waals surface area (Å²) in [6.07, 6.45) is -32.4. The minimum absolute atomic E-state index is 0.474. The van der Waals surface area contributed by atoms with E-state index in [0.29, 0.717) is 0 Å². The van der Waals surface area contributed by atoms with Crippen LogP contribution in [-0.4, -0.2) is 235 Å². The molecule has 3 fully saturated rings. The van der Waals surface area contributed by atoms with E-state index in [1.54, 1.807) is 0 Å². The van der Waals surface area contributed by atoms with Gasteiger partial charge in [-0.15, -0.1) is 0 Å². The van der Waals surface area contributed by atoms with Crippen LogP contribution in [0.5, 0.6) is 0 Å². The average molecular weight is 837 g/mol. The van der Waals surface area contributed by atoms with E-state index in [1.165, 1.54) is 14.0 Å². The Morgan fingerprint density at radius 3 is 2.04 bits per heavy atom. The minimum Gasteiger partial charge on any atom is -0.477 e. The highest BCUT2D eigenvalue weighted by atomic mass is 16.8. The van der Waals surface area contributed by atoms with Gasteiger partial charge in [0.1, 0.15) is 86.1 Å². The van der Waals surface area contributed by atoms with Crippen molar-refractivity contribution in [1.82, 2.24) is 10.6 Å². The molecule has 19 atom stereocenters. The highest BCUT2D eigenvalue weighted by Crippen LogP contribution is 2.38. The van der Waals surface area contributed by atoms with Crippen LogP contribution in [0.4, 0.5) is 0 Å². The molecule has 10 unspecified atom stereocenters. The Hall–Kier alpha value is -2.35. The van der Waals surface area contributed by atoms with Crippen LogP contribution >= 0.6 is 0 Å². The van der Waals surface area contributed by atoms with Crippen LogP contribution in [0.2, 0.25) is 0 Å². The lowest BCUT2D eigenvalue weighted by Crippen LogP contribution is -2.70. The molecule has 0 bridgehead atoms. The van der Waals surface area contributed by atoms with Crippen molar-refractivity contribution in [1.29, 1.82) is 0 Å². The quantitative estimate of drug-likeness (QED) is 0.0506. The minimum atomic E-state index is -3.10. The first kappa shape index (κ1) is 49.0. The van der Waals surface area contributed by atoms with Crippen LogP contribution in [0, 0.1) is 0 Å². The lowest BCUT2D eigenvalue weighted by atomic mass is 9.88. The number of aliphatic hydroxyl groups is 11. The van der Waals surface area contributed by atoms with Crippen molar-refractivity contribution in [3.63, 3.8) is 0 Å². The number of carbonyl (C=O) groups excluding carboxylic acids is 2. The second-order valence-corrected chi connectivity index (χ2v) is 13.9. The first-order chi connectivity index (χ1) is 26.8. The van der Waals surface area contributed by atoms with E-state index in [1.807, 2.05) is 0 Å². The second kappa shape index (κ2) is 21.8. The van der Waals surface area contributed by atoms with Gasteiger partial charge in [0, 0.05) is 33.9 Å². The van der Waals surface area contributed by atoms with Gasteiger partial charge in [-0.05, 0) is 6.92 Å². The molecule has 0 aliphatic carbocycles. The zero-order valence-corrected chi connectivity index (χ0v) is 31.5. The van der Waals surface area contributed by atoms with E-state index >= 15 is 0 Å². The molecule has 0 aromatic carbocycles. The van der Waals surface area contributed by atoms with Crippen molar-refractivity contribution in [3.8, 4) is 0 Å². The van der Waals surface area contributed by atoms with Crippen molar-refractivity contribution in [3.05, 3.63) is 0 Å². The molecule has 3 saturated heterocycles. The summed E-state index contributed by atoms with van der Waals surface area (Å²) in [5, 5.41) is 131. The van der Waals surface area contributed by atoms with Gasteiger partial charge in [0.25, 0.3) is 5.79 Å². The largest absolute Gasteiger partial charge is 0.477 e. The molecule has 25 heteroatoms. The molecule has 57 heavy (non-hydrogen) atoms. The van der Waals surface area contributed by atoms with Crippen LogP contribution in [0.15, 0.2) is 0 Å². The molecular weight excluding hydrogens is 780 g/mol. The topological polar surface area (TPSA) is 392 Å². The number of methoxy groups -OCH3 is 1. The summed E-state index contributed by atoms with van der Waals surface area (Å²) in [6, 6.07) is -1.59. The van der Waals surface area contributed by atoms with Crippen LogP contribution in [-0.2, 0) is 52.3 Å². The van der Waals surface area contributed by atoms with Gasteiger partial charge >= 0.3 is 5.97 Å². The normalized spacial score (nSPS) is 38.7. The molecule has 0 aromatic heterocycles. The Balaban J connectivity index is 2.05. The number of aliphatic carboxylic acids is 1. The second-order valence-electron chi connectivity index (χ2n) is 13.9. The Morgan fingerprint density at radius 2 is 1.49 bits per heavy atom. The Labute approximate surface area is 325 Å². The average Bonchev–Trinajstić information content (AvgIpc) is 3.16. The van der Waals surface area contributed by atoms with Gasteiger partial charge in [-0.25, -0.2) is 4.79 Å². The van der Waals surface area contributed by atoms with E-state index in [0.717, 1.165) is 13.8 Å². The lowest BCUT2D eigenvalue weighted by Gasteiger charge is -2.50. The van der Waals surface area contributed by atoms with Gasteiger partial charge in [-0.1, -0.05) is 0 Å². The Kier molecular flexibility index (Phi) is 18.7. The third kappa shape index (κ3) is 11.9. The SMILES string of the molecule is COCOC(CO)C(O[C@@H]1O[C@@H](C)C(O)C(O)C1O)[C@@H](CNC(C)=O)O[C@@H]1OC(CO)C(O)[C@H](O[C@]2(C(=O)O)CC(O)C(NC(C)=O)[C@H]([C@H](O)[C@H](O)CO)O2)C1O. The predicted molar refractivity (Wildman–Crippen MR) is 180 cm³/mol. The van der Waals surface area contributed by atoms with E-state index < -0.39 is 173 Å². The molecule has 3 aliphatic rings. The number of hydrogen-bond donors (Lipinski definition) is 14. The van der Waals surface area contributed by atoms with Gasteiger partial charge in [-0.2, -0.15) is 0 Å². The zero-order chi connectivity index (χ0) is 42.9. The fourth-order valence-corrected chi connectivity index (χ4v) is 6.53. The summed E-state index contributed by atoms with van der Waals surface area (Å²) in [5.41, 5.74) is 0. The number of rotatable bonds is 20. The molecule has 2 amide bonds. The number of nitrogens with one attached hydrogen (secondary N) is 2. The van der Waals surface area contributed by atoms with Crippen molar-refractivity contribution in [2.45, 2.75) is 143 Å². The molecule has 3 rings (SSSR count). The standard InChI is InChI=1S/C32H56N2O23/c1-11-20(42)23(45)24(46)29(52-11)55-26(18(9-37)51-10-50-4)16(6-33-12(2)38)53-30-25(47)28(22(44)17(8-36)54-30)57-32(31(48)49)5-14(40)19(34-13(3)39)27(56-32)21(43)15(41)7-35/h11,14-30,35-37,40-47H,5-10H2,1-4H3,(H,33,38)(H,34,39)(H,48,49)/t11-,14?,15+,16+,17?,18?,19?,20?,21+,22?,23?,24?,25?,26?,27+,28-,29-,30+,32-/m0/s1. The third-order valence-corrected chi connectivity index (χ3v) is 9.61. The number of hydrogen-bond acceptors (Lipinski definition) is 22. The van der Waals surface area contributed by atoms with Gasteiger partial charge in [0.15, 0.2) is 12.6 Å². The van der Waals surface area contributed by atoms with Crippen molar-refractivity contribution >= 4 is 17.8 Å². The molecule has 14 N–H and O–H groups in total. The summed E-state index contributed by atoms with van der Waals surface area (Å²) < 4.78 is 44.9. The highest BCUT2D eigenvalue weighted by molar-refractivity contribution is 5.76. The smallest absolute Gasteiger partial charge is 0.364 e. The molecule has 25 nitrogen and oxygen atoms in total. The summed E-state index contributed by atoms with van der Waals surface area (Å²) in [4.78, 5) is 36.9. The number of carboxylic acids is 1. The monoisotopic (exact) mass is 836 g/mol. The van der Waals surface area contributed by atoms with E-state index in [9.17, 15) is 75.7 Å². The number of ether oxygens (including phenoxy) is 8. The van der Waals surface area contributed by atoms with Gasteiger partial charge in [0.05, 0.1) is 38.1 Å². The third-order valence-electron chi connectivity index (χ3n) is 9.61. The van der Waals surface area contributed by atoms with Gasteiger partial charge in [-0.3, -0.25) is 9.59 Å². The fraction of sp³-hybridized carbons (Fsp3) is 0.906. The summed E-state index contributed by atoms with van der Waals surface area (Å²) in [5.74, 6) is -6.53. The molecule has 332 valence electrons. The van der Waals surface area contributed by atoms with Crippen LogP contribution < -0.4 is 10.6 Å². The first-order valence-electron chi connectivity index (χ1n) is 17.9. The highest BCUT2D eigenvalue weighted by Gasteiger charge is 2.60. The van der Waals surface area contributed by atoms with E-state index in [2.05, 4.69) is 10.6 Å². The number of aliphatic hydroxyl groups excluding tert-OH is 11. The van der Waals surface area contributed by atoms with Gasteiger partial charge < -0.3 is 110 Å².